The van der Waals surface area contributed by atoms with Gasteiger partial charge in [0.2, 0.25) is 0 Å². The standard InChI is InChI=1S/C100H80N4S4/c1-101-75-27-8-3-20-67(75)90(63-45-37-54-39-47-69-77(49-41-56-35-43-61(63)86(54)88(56)69)103(79-29-15-23-65-59-18-5-10-32-83(59)105-95(65)79)80-30-16-24-66-60-19-6-11-33-84(60)106-96(66)80)93(101)94-91(68-21-4-9-28-76(68)102(94)2)64-46-38-55-40-48-70-78(50-42-57-36-44-62(64)87(55)89(57)70)104(81-31-17-26-73-97(81)108-99-74-25-13-14-51-100(73,74)99)82-53-58-52-72(58)92-71-22-7-12-34-85(71)107-98(82)92/h4-7,9-15,17-19,21-23,25-26,28-35,37-39,41-43,45-47,49-51,53,58-59,69,72,74,77,83,90,92-93,98-99H,3,8,16,20,24,27,36,40,44,48,52H2,1-2H3. The molecular formula is C100H80N4S4. The molecule has 0 amide bonds. The van der Waals surface area contributed by atoms with E-state index in [1.807, 2.05) is 11.3 Å². The Balaban J connectivity index is 0.629. The lowest BCUT2D eigenvalue weighted by Gasteiger charge is -2.42. The Kier molecular flexibility index (Phi) is 12.9. The fourth-order valence-electron chi connectivity index (χ4n) is 24.2. The van der Waals surface area contributed by atoms with Crippen molar-refractivity contribution in [2.75, 3.05) is 16.8 Å². The van der Waals surface area contributed by atoms with Crippen molar-refractivity contribution in [2.45, 2.75) is 142 Å². The van der Waals surface area contributed by atoms with Crippen LogP contribution in [0.15, 0.2) is 262 Å². The van der Waals surface area contributed by atoms with Crippen LogP contribution in [0.25, 0.3) is 71.9 Å². The smallest absolute Gasteiger partial charge is 0.0800 e. The lowest BCUT2D eigenvalue weighted by Crippen LogP contribution is -2.39. The second kappa shape index (κ2) is 22.5. The molecule has 108 heavy (non-hydrogen) atoms. The van der Waals surface area contributed by atoms with E-state index in [9.17, 15) is 0 Å². The first-order valence-electron chi connectivity index (χ1n) is 40.3. The molecule has 6 heterocycles. The average Bonchev–Trinajstić information content (AvgIpc) is 1.49. The third kappa shape index (κ3) is 8.18. The number of benzene rings is 9. The zero-order chi connectivity index (χ0) is 70.3. The minimum atomic E-state index is 0.0492. The first-order valence-corrected chi connectivity index (χ1v) is 43.7. The lowest BCUT2D eigenvalue weighted by molar-refractivity contribution is 0.303. The summed E-state index contributed by atoms with van der Waals surface area (Å²) in [6.07, 6.45) is 47.0. The molecule has 1 spiro atoms. The molecule has 2 saturated carbocycles. The van der Waals surface area contributed by atoms with Crippen molar-refractivity contribution in [1.82, 2.24) is 9.47 Å². The number of anilines is 3. The van der Waals surface area contributed by atoms with E-state index in [4.69, 9.17) is 0 Å². The number of hydrogen-bond donors (Lipinski definition) is 0. The number of nitrogens with zero attached hydrogens (tertiary/aromatic N) is 4. The first kappa shape index (κ1) is 61.7. The van der Waals surface area contributed by atoms with Crippen molar-refractivity contribution in [1.29, 1.82) is 0 Å². The molecule has 11 aliphatic carbocycles. The van der Waals surface area contributed by atoms with E-state index in [1.54, 1.807) is 44.7 Å². The summed E-state index contributed by atoms with van der Waals surface area (Å²) in [7, 11) is 4.92. The van der Waals surface area contributed by atoms with Gasteiger partial charge in [0.1, 0.15) is 0 Å². The van der Waals surface area contributed by atoms with Crippen molar-refractivity contribution in [3.63, 3.8) is 0 Å². The van der Waals surface area contributed by atoms with Crippen LogP contribution in [0.2, 0.25) is 0 Å². The number of hydrogen-bond acceptors (Lipinski definition) is 7. The molecule has 11 aromatic rings. The van der Waals surface area contributed by atoms with Gasteiger partial charge in [0.05, 0.1) is 39.3 Å². The van der Waals surface area contributed by atoms with Crippen LogP contribution in [0.1, 0.15) is 146 Å². The van der Waals surface area contributed by atoms with E-state index >= 15 is 0 Å². The van der Waals surface area contributed by atoms with Gasteiger partial charge < -0.3 is 19.3 Å². The minimum Gasteiger partial charge on any atom is -0.368 e. The maximum absolute atomic E-state index is 2.89. The lowest BCUT2D eigenvalue weighted by atomic mass is 9.71. The van der Waals surface area contributed by atoms with E-state index in [0.717, 1.165) is 57.3 Å². The number of rotatable bonds is 9. The molecule has 0 bridgehead atoms. The van der Waals surface area contributed by atoms with E-state index in [-0.39, 0.29) is 29.3 Å². The molecule has 8 heteroatoms. The summed E-state index contributed by atoms with van der Waals surface area (Å²) in [6, 6.07) is 63.6. The Morgan fingerprint density at radius 3 is 2.32 bits per heavy atom. The average molecular weight is 1470 g/mol. The largest absolute Gasteiger partial charge is 0.368 e. The fourth-order valence-corrected chi connectivity index (χ4v) is 30.4. The number of likely N-dealkylation sites (N-methyl/N-ethyl adjacent to an activating group) is 1. The summed E-state index contributed by atoms with van der Waals surface area (Å²) < 4.78 is 4.06. The molecule has 4 aliphatic heterocycles. The molecule has 13 unspecified atom stereocenters. The molecule has 0 N–H and O–H groups in total. The van der Waals surface area contributed by atoms with Gasteiger partial charge in [-0.05, 0) is 224 Å². The molecule has 0 saturated heterocycles. The van der Waals surface area contributed by atoms with E-state index in [0.29, 0.717) is 39.4 Å². The van der Waals surface area contributed by atoms with Crippen LogP contribution in [-0.4, -0.2) is 38.3 Å². The quantitative estimate of drug-likeness (QED) is 0.142. The number of fused-ring (bicyclic) bond motifs is 14. The van der Waals surface area contributed by atoms with Gasteiger partial charge in [-0.15, -0.1) is 46.6 Å². The van der Waals surface area contributed by atoms with Crippen LogP contribution in [0.4, 0.5) is 17.1 Å². The Morgan fingerprint density at radius 2 is 1.37 bits per heavy atom. The van der Waals surface area contributed by atoms with E-state index < -0.39 is 0 Å². The van der Waals surface area contributed by atoms with Crippen LogP contribution in [0.3, 0.4) is 0 Å². The molecule has 4 nitrogen and oxygen atoms in total. The van der Waals surface area contributed by atoms with E-state index in [2.05, 4.69) is 311 Å². The second-order valence-corrected chi connectivity index (χ2v) is 38.3. The van der Waals surface area contributed by atoms with Crippen molar-refractivity contribution in [3.8, 4) is 22.3 Å². The monoisotopic (exact) mass is 1460 g/mol. The Bertz CT molecular complexity index is 6270. The molecule has 2 aromatic heterocycles. The van der Waals surface area contributed by atoms with Crippen LogP contribution >= 0.6 is 46.6 Å². The summed E-state index contributed by atoms with van der Waals surface area (Å²) in [6.45, 7) is 0. The number of aryl methyl sites for hydroxylation is 4. The molecular weight excluding hydrogens is 1390 g/mol. The molecule has 9 aromatic carbocycles. The molecule has 2 fully saturated rings. The van der Waals surface area contributed by atoms with Crippen molar-refractivity contribution in [3.05, 3.63) is 325 Å². The Labute approximate surface area is 648 Å². The van der Waals surface area contributed by atoms with Crippen molar-refractivity contribution < 1.29 is 0 Å². The van der Waals surface area contributed by atoms with Gasteiger partial charge in [-0.25, -0.2) is 0 Å². The fraction of sp³-hybridized carbons (Fsp3) is 0.260. The SMILES string of the molecule is CN1C2=C(CCCC2)C(c2ccc3c4c5c(ccc24)C=CC(N(C2=CCCc4c2sc2ccccc42)c2cccc4c2SC2C=CC=CC42)C5C=C3)C1c1c(-c2ccc3c4c2CCc2ccc(N(C5=CC6CC6C6c7ccccc7SC56)c5cccc6c5SC5C7C=CC=CC675)c(c2-4)CC3)c2ccccc2n1C. The van der Waals surface area contributed by atoms with Crippen LogP contribution < -0.4 is 9.80 Å². The predicted molar refractivity (Wildman–Crippen MR) is 454 cm³/mol. The zero-order valence-corrected chi connectivity index (χ0v) is 64.0. The van der Waals surface area contributed by atoms with Crippen LogP contribution in [0, 0.1) is 17.8 Å². The molecule has 26 rings (SSSR count). The summed E-state index contributed by atoms with van der Waals surface area (Å²) in [5, 5.41) is 7.01. The maximum Gasteiger partial charge on any atom is 0.0800 e. The summed E-state index contributed by atoms with van der Waals surface area (Å²) in [4.78, 5) is 14.4. The van der Waals surface area contributed by atoms with Gasteiger partial charge in [-0.1, -0.05) is 206 Å². The minimum absolute atomic E-state index is 0.0492. The normalized spacial score (nSPS) is 28.2. The maximum atomic E-state index is 2.89. The van der Waals surface area contributed by atoms with Crippen LogP contribution in [0.5, 0.6) is 0 Å². The third-order valence-corrected chi connectivity index (χ3v) is 34.6. The van der Waals surface area contributed by atoms with Gasteiger partial charge in [0, 0.05) is 118 Å². The summed E-state index contributed by atoms with van der Waals surface area (Å²) >= 11 is 8.42. The molecule has 15 aliphatic rings. The van der Waals surface area contributed by atoms with Crippen molar-refractivity contribution in [2.24, 2.45) is 24.8 Å². The zero-order valence-electron chi connectivity index (χ0n) is 60.7. The highest BCUT2D eigenvalue weighted by molar-refractivity contribution is 8.01. The summed E-state index contributed by atoms with van der Waals surface area (Å²) in [5.41, 5.74) is 37.2. The predicted octanol–water partition coefficient (Wildman–Crippen LogP) is 24.8. The highest BCUT2D eigenvalue weighted by atomic mass is 32.2. The third-order valence-electron chi connectivity index (χ3n) is 28.9. The number of thiophene rings is 1. The highest BCUT2D eigenvalue weighted by Crippen LogP contribution is 2.74. The van der Waals surface area contributed by atoms with Gasteiger partial charge in [-0.2, -0.15) is 0 Å². The highest BCUT2D eigenvalue weighted by Gasteiger charge is 2.69. The second-order valence-electron chi connectivity index (χ2n) is 33.7. The van der Waals surface area contributed by atoms with Crippen LogP contribution in [-0.2, 0) is 44.6 Å². The van der Waals surface area contributed by atoms with Gasteiger partial charge in [-0.3, -0.25) is 0 Å². The van der Waals surface area contributed by atoms with Gasteiger partial charge in [0.15, 0.2) is 0 Å². The Morgan fingerprint density at radius 1 is 0.565 bits per heavy atom. The number of allylic oxidation sites excluding steroid dienone is 10. The van der Waals surface area contributed by atoms with Gasteiger partial charge in [0.25, 0.3) is 0 Å². The molecule has 0 radical (unpaired) electrons. The number of thioether (sulfide) groups is 3. The molecule has 524 valence electrons. The summed E-state index contributed by atoms with van der Waals surface area (Å²) in [5.74, 6) is 3.11. The molecule has 13 atom stereocenters. The van der Waals surface area contributed by atoms with Crippen molar-refractivity contribution >= 4 is 113 Å². The van der Waals surface area contributed by atoms with Gasteiger partial charge >= 0.3 is 0 Å². The Hall–Kier alpha value is -9.15. The number of aromatic nitrogens is 1. The number of para-hydroxylation sites is 1. The first-order chi connectivity index (χ1) is 53.4. The van der Waals surface area contributed by atoms with E-state index in [1.165, 1.54) is 160 Å². The topological polar surface area (TPSA) is 14.7 Å².